The molecule has 0 aliphatic rings. The molecule has 0 radical (unpaired) electrons. The fraction of sp³-hybridized carbons (Fsp3) is 0.111. The third kappa shape index (κ3) is 1.92. The highest BCUT2D eigenvalue weighted by Gasteiger charge is 2.11. The van der Waals surface area contributed by atoms with E-state index in [-0.39, 0.29) is 0 Å². The summed E-state index contributed by atoms with van der Waals surface area (Å²) in [6.07, 6.45) is 0. The Hall–Kier alpha value is -2.88. The predicted molar refractivity (Wildman–Crippen MR) is 87.7 cm³/mol. The normalized spacial score (nSPS) is 11.2. The van der Waals surface area contributed by atoms with Gasteiger partial charge in [-0.3, -0.25) is 0 Å². The van der Waals surface area contributed by atoms with Gasteiger partial charge >= 0.3 is 0 Å². The van der Waals surface area contributed by atoms with E-state index in [0.717, 1.165) is 39.1 Å². The number of hydrogen-bond donors (Lipinski definition) is 0. The fourth-order valence-corrected chi connectivity index (χ4v) is 2.69. The number of pyridine rings is 1. The molecular weight excluding hydrogens is 274 g/mol. The van der Waals surface area contributed by atoms with Gasteiger partial charge in [0, 0.05) is 10.8 Å². The Morgan fingerprint density at radius 1 is 1.00 bits per heavy atom. The molecule has 2 heterocycles. The molecule has 0 saturated heterocycles. The second-order valence-corrected chi connectivity index (χ2v) is 5.25. The topological polar surface area (TPSA) is 39.9 Å². The number of ether oxygens (including phenoxy) is 1. The molecule has 0 fully saturated rings. The van der Waals surface area contributed by atoms with E-state index in [1.54, 1.807) is 7.11 Å². The SMILES string of the molecule is COc1ccc(-n2nc(C)c3cc4ccccc4nc32)cc1. The average Bonchev–Trinajstić information content (AvgIpc) is 2.89. The van der Waals surface area contributed by atoms with Gasteiger partial charge in [0.25, 0.3) is 0 Å². The summed E-state index contributed by atoms with van der Waals surface area (Å²) in [5.41, 5.74) is 3.80. The van der Waals surface area contributed by atoms with Gasteiger partial charge in [-0.15, -0.1) is 0 Å². The zero-order chi connectivity index (χ0) is 15.1. The van der Waals surface area contributed by atoms with Gasteiger partial charge in [-0.2, -0.15) is 5.10 Å². The summed E-state index contributed by atoms with van der Waals surface area (Å²) in [7, 11) is 1.66. The number of aromatic nitrogens is 3. The van der Waals surface area contributed by atoms with Crippen LogP contribution in [0.2, 0.25) is 0 Å². The number of nitrogens with zero attached hydrogens (tertiary/aromatic N) is 3. The standard InChI is InChI=1S/C18H15N3O/c1-12-16-11-13-5-3-4-6-17(13)19-18(16)21(20-12)14-7-9-15(22-2)10-8-14/h3-11H,1-2H3. The lowest BCUT2D eigenvalue weighted by molar-refractivity contribution is 0.414. The molecule has 0 N–H and O–H groups in total. The van der Waals surface area contributed by atoms with E-state index in [1.165, 1.54) is 0 Å². The van der Waals surface area contributed by atoms with Gasteiger partial charge < -0.3 is 4.74 Å². The fourth-order valence-electron chi connectivity index (χ4n) is 2.69. The first kappa shape index (κ1) is 12.8. The molecule has 4 rings (SSSR count). The predicted octanol–water partition coefficient (Wildman–Crippen LogP) is 3.89. The Bertz CT molecular complexity index is 971. The Kier molecular flexibility index (Phi) is 2.82. The molecular formula is C18H15N3O. The van der Waals surface area contributed by atoms with Crippen LogP contribution in [0.5, 0.6) is 5.75 Å². The number of aryl methyl sites for hydroxylation is 1. The first-order chi connectivity index (χ1) is 10.8. The minimum Gasteiger partial charge on any atom is -0.497 e. The number of benzene rings is 2. The maximum absolute atomic E-state index is 5.21. The third-order valence-electron chi connectivity index (χ3n) is 3.86. The highest BCUT2D eigenvalue weighted by molar-refractivity contribution is 5.93. The molecule has 4 aromatic rings. The van der Waals surface area contributed by atoms with Gasteiger partial charge in [-0.1, -0.05) is 18.2 Å². The van der Waals surface area contributed by atoms with Gasteiger partial charge in [-0.05, 0) is 43.3 Å². The Labute approximate surface area is 128 Å². The van der Waals surface area contributed by atoms with Crippen molar-refractivity contribution in [2.75, 3.05) is 7.11 Å². The second kappa shape index (κ2) is 4.84. The summed E-state index contributed by atoms with van der Waals surface area (Å²) in [6, 6.07) is 18.1. The molecule has 0 bridgehead atoms. The Morgan fingerprint density at radius 2 is 1.77 bits per heavy atom. The first-order valence-corrected chi connectivity index (χ1v) is 7.16. The van der Waals surface area contributed by atoms with Gasteiger partial charge in [-0.25, -0.2) is 9.67 Å². The van der Waals surface area contributed by atoms with Crippen LogP contribution in [0, 0.1) is 6.92 Å². The monoisotopic (exact) mass is 289 g/mol. The van der Waals surface area contributed by atoms with Crippen LogP contribution in [0.15, 0.2) is 54.6 Å². The summed E-state index contributed by atoms with van der Waals surface area (Å²) in [4.78, 5) is 4.79. The molecule has 0 unspecified atom stereocenters. The van der Waals surface area contributed by atoms with Crippen molar-refractivity contribution in [3.63, 3.8) is 0 Å². The molecule has 108 valence electrons. The second-order valence-electron chi connectivity index (χ2n) is 5.25. The van der Waals surface area contributed by atoms with Gasteiger partial charge in [0.05, 0.1) is 24.0 Å². The summed E-state index contributed by atoms with van der Waals surface area (Å²) in [5.74, 6) is 0.829. The number of hydrogen-bond acceptors (Lipinski definition) is 3. The molecule has 4 heteroatoms. The number of rotatable bonds is 2. The molecule has 0 amide bonds. The molecule has 2 aromatic carbocycles. The van der Waals surface area contributed by atoms with Crippen molar-refractivity contribution < 1.29 is 4.74 Å². The van der Waals surface area contributed by atoms with Crippen LogP contribution < -0.4 is 4.74 Å². The van der Waals surface area contributed by atoms with Crippen LogP contribution in [0.4, 0.5) is 0 Å². The van der Waals surface area contributed by atoms with Crippen molar-refractivity contribution in [3.8, 4) is 11.4 Å². The van der Waals surface area contributed by atoms with E-state index in [9.17, 15) is 0 Å². The van der Waals surface area contributed by atoms with Crippen LogP contribution in [0.3, 0.4) is 0 Å². The maximum atomic E-state index is 5.21. The number of methoxy groups -OCH3 is 1. The van der Waals surface area contributed by atoms with E-state index in [1.807, 2.05) is 54.1 Å². The first-order valence-electron chi connectivity index (χ1n) is 7.16. The highest BCUT2D eigenvalue weighted by Crippen LogP contribution is 2.25. The minimum absolute atomic E-state index is 0.829. The zero-order valence-electron chi connectivity index (χ0n) is 12.4. The maximum Gasteiger partial charge on any atom is 0.163 e. The van der Waals surface area contributed by atoms with E-state index < -0.39 is 0 Å². The molecule has 22 heavy (non-hydrogen) atoms. The van der Waals surface area contributed by atoms with Crippen molar-refractivity contribution in [2.24, 2.45) is 0 Å². The van der Waals surface area contributed by atoms with Gasteiger partial charge in [0.1, 0.15) is 5.75 Å². The van der Waals surface area contributed by atoms with E-state index in [4.69, 9.17) is 9.72 Å². The van der Waals surface area contributed by atoms with Crippen molar-refractivity contribution in [1.82, 2.24) is 14.8 Å². The average molecular weight is 289 g/mol. The minimum atomic E-state index is 0.829. The number of para-hydroxylation sites is 1. The summed E-state index contributed by atoms with van der Waals surface area (Å²) >= 11 is 0. The summed E-state index contributed by atoms with van der Waals surface area (Å²) < 4.78 is 7.10. The molecule has 0 atom stereocenters. The third-order valence-corrected chi connectivity index (χ3v) is 3.86. The quantitative estimate of drug-likeness (QED) is 0.562. The van der Waals surface area contributed by atoms with Crippen LogP contribution in [0.1, 0.15) is 5.69 Å². The van der Waals surface area contributed by atoms with E-state index >= 15 is 0 Å². The Morgan fingerprint density at radius 3 is 2.55 bits per heavy atom. The molecule has 0 spiro atoms. The van der Waals surface area contributed by atoms with Crippen molar-refractivity contribution in [3.05, 3.63) is 60.3 Å². The summed E-state index contributed by atoms with van der Waals surface area (Å²) in [6.45, 7) is 2.01. The van der Waals surface area contributed by atoms with Gasteiger partial charge in [0.15, 0.2) is 5.65 Å². The molecule has 0 aliphatic heterocycles. The molecule has 0 aliphatic carbocycles. The van der Waals surface area contributed by atoms with Crippen molar-refractivity contribution in [1.29, 1.82) is 0 Å². The van der Waals surface area contributed by atoms with Gasteiger partial charge in [0.2, 0.25) is 0 Å². The lowest BCUT2D eigenvalue weighted by Crippen LogP contribution is -1.98. The van der Waals surface area contributed by atoms with Crippen molar-refractivity contribution in [2.45, 2.75) is 6.92 Å². The van der Waals surface area contributed by atoms with E-state index in [2.05, 4.69) is 17.2 Å². The van der Waals surface area contributed by atoms with E-state index in [0.29, 0.717) is 0 Å². The Balaban J connectivity index is 1.98. The summed E-state index contributed by atoms with van der Waals surface area (Å²) in [5, 5.41) is 6.86. The zero-order valence-corrected chi connectivity index (χ0v) is 12.4. The van der Waals surface area contributed by atoms with Crippen LogP contribution in [-0.4, -0.2) is 21.9 Å². The van der Waals surface area contributed by atoms with Crippen LogP contribution in [-0.2, 0) is 0 Å². The largest absolute Gasteiger partial charge is 0.497 e. The van der Waals surface area contributed by atoms with Crippen molar-refractivity contribution >= 4 is 21.9 Å². The van der Waals surface area contributed by atoms with Crippen LogP contribution >= 0.6 is 0 Å². The lowest BCUT2D eigenvalue weighted by Gasteiger charge is -2.05. The van der Waals surface area contributed by atoms with Crippen LogP contribution in [0.25, 0.3) is 27.6 Å². The smallest absolute Gasteiger partial charge is 0.163 e. The number of fused-ring (bicyclic) bond motifs is 2. The molecule has 4 nitrogen and oxygen atoms in total. The molecule has 2 aromatic heterocycles. The highest BCUT2D eigenvalue weighted by atomic mass is 16.5. The molecule has 0 saturated carbocycles. The lowest BCUT2D eigenvalue weighted by atomic mass is 10.1.